The summed E-state index contributed by atoms with van der Waals surface area (Å²) in [4.78, 5) is 12.6. The largest absolute Gasteiger partial charge is 0.497 e. The van der Waals surface area contributed by atoms with Gasteiger partial charge in [-0.05, 0) is 43.2 Å². The summed E-state index contributed by atoms with van der Waals surface area (Å²) in [6, 6.07) is 10.8. The van der Waals surface area contributed by atoms with Crippen molar-refractivity contribution in [3.05, 3.63) is 58.7 Å². The Morgan fingerprint density at radius 1 is 1.11 bits per heavy atom. The Hall–Kier alpha value is -2.29. The van der Waals surface area contributed by atoms with Crippen LogP contribution in [0.15, 0.2) is 36.4 Å². The summed E-state index contributed by atoms with van der Waals surface area (Å²) >= 11 is 0. The topological polar surface area (TPSA) is 52.3 Å². The Morgan fingerprint density at radius 3 is 2.53 bits per heavy atom. The monoisotopic (exact) mass is 255 g/mol. The van der Waals surface area contributed by atoms with Gasteiger partial charge in [0, 0.05) is 16.8 Å². The maximum absolute atomic E-state index is 12.6. The van der Waals surface area contributed by atoms with Gasteiger partial charge < -0.3 is 10.5 Å². The van der Waals surface area contributed by atoms with E-state index in [0.29, 0.717) is 22.6 Å². The van der Waals surface area contributed by atoms with Crippen molar-refractivity contribution in [2.24, 2.45) is 0 Å². The molecule has 0 bridgehead atoms. The third-order valence-electron chi connectivity index (χ3n) is 3.35. The molecule has 0 fully saturated rings. The number of methoxy groups -OCH3 is 1. The van der Waals surface area contributed by atoms with E-state index >= 15 is 0 Å². The van der Waals surface area contributed by atoms with Crippen molar-refractivity contribution in [2.75, 3.05) is 12.8 Å². The Labute approximate surface area is 113 Å². The second-order valence-electron chi connectivity index (χ2n) is 4.53. The van der Waals surface area contributed by atoms with Crippen molar-refractivity contribution in [2.45, 2.75) is 13.8 Å². The fourth-order valence-electron chi connectivity index (χ4n) is 2.00. The van der Waals surface area contributed by atoms with E-state index in [1.807, 2.05) is 32.0 Å². The van der Waals surface area contributed by atoms with Crippen LogP contribution in [-0.4, -0.2) is 12.9 Å². The van der Waals surface area contributed by atoms with E-state index in [0.717, 1.165) is 11.1 Å². The van der Waals surface area contributed by atoms with Crippen LogP contribution in [0.4, 0.5) is 5.69 Å². The maximum Gasteiger partial charge on any atom is 0.195 e. The number of ketones is 1. The fourth-order valence-corrected chi connectivity index (χ4v) is 2.00. The van der Waals surface area contributed by atoms with Crippen LogP contribution in [0.2, 0.25) is 0 Å². The molecule has 0 saturated carbocycles. The first kappa shape index (κ1) is 13.1. The number of aryl methyl sites for hydroxylation is 1. The van der Waals surface area contributed by atoms with Crippen LogP contribution in [0.1, 0.15) is 27.0 Å². The van der Waals surface area contributed by atoms with Gasteiger partial charge in [-0.15, -0.1) is 0 Å². The molecule has 2 N–H and O–H groups in total. The van der Waals surface area contributed by atoms with E-state index in [1.54, 1.807) is 25.3 Å². The Kier molecular flexibility index (Phi) is 3.56. The molecule has 2 aromatic carbocycles. The maximum atomic E-state index is 12.6. The molecule has 0 heterocycles. The number of anilines is 1. The number of hydrogen-bond acceptors (Lipinski definition) is 3. The fraction of sp³-hybridized carbons (Fsp3) is 0.188. The summed E-state index contributed by atoms with van der Waals surface area (Å²) in [6.07, 6.45) is 0. The van der Waals surface area contributed by atoms with Crippen molar-refractivity contribution < 1.29 is 9.53 Å². The van der Waals surface area contributed by atoms with Gasteiger partial charge in [0.1, 0.15) is 5.75 Å². The second kappa shape index (κ2) is 5.14. The van der Waals surface area contributed by atoms with Crippen LogP contribution in [0.5, 0.6) is 5.75 Å². The lowest BCUT2D eigenvalue weighted by atomic mass is 9.95. The highest BCUT2D eigenvalue weighted by atomic mass is 16.5. The number of ether oxygens (including phenoxy) is 1. The summed E-state index contributed by atoms with van der Waals surface area (Å²) in [5.41, 5.74) is 9.59. The summed E-state index contributed by atoms with van der Waals surface area (Å²) in [7, 11) is 1.57. The molecule has 0 saturated heterocycles. The number of carbonyl (C=O) groups is 1. The molecule has 0 aliphatic rings. The number of hydrogen-bond donors (Lipinski definition) is 1. The first-order valence-corrected chi connectivity index (χ1v) is 6.09. The van der Waals surface area contributed by atoms with E-state index in [2.05, 4.69) is 0 Å². The predicted molar refractivity (Wildman–Crippen MR) is 76.8 cm³/mol. The lowest BCUT2D eigenvalue weighted by Gasteiger charge is -2.10. The molecule has 3 heteroatoms. The molecule has 0 amide bonds. The molecule has 0 spiro atoms. The number of nitrogen functional groups attached to an aromatic ring is 1. The van der Waals surface area contributed by atoms with Crippen LogP contribution < -0.4 is 10.5 Å². The molecule has 19 heavy (non-hydrogen) atoms. The second-order valence-corrected chi connectivity index (χ2v) is 4.53. The lowest BCUT2D eigenvalue weighted by molar-refractivity contribution is 0.103. The average molecular weight is 255 g/mol. The number of rotatable bonds is 3. The Morgan fingerprint density at radius 2 is 1.84 bits per heavy atom. The van der Waals surface area contributed by atoms with Crippen molar-refractivity contribution >= 4 is 11.5 Å². The van der Waals surface area contributed by atoms with E-state index in [-0.39, 0.29) is 5.78 Å². The molecule has 0 aromatic heterocycles. The van der Waals surface area contributed by atoms with Crippen molar-refractivity contribution in [3.8, 4) is 5.75 Å². The molecule has 2 aromatic rings. The minimum absolute atomic E-state index is 0.0717. The summed E-state index contributed by atoms with van der Waals surface area (Å²) in [6.45, 7) is 3.93. The summed E-state index contributed by atoms with van der Waals surface area (Å²) < 4.78 is 5.14. The predicted octanol–water partition coefficient (Wildman–Crippen LogP) is 3.13. The first-order chi connectivity index (χ1) is 9.04. The van der Waals surface area contributed by atoms with Gasteiger partial charge in [-0.2, -0.15) is 0 Å². The minimum atomic E-state index is -0.0717. The quantitative estimate of drug-likeness (QED) is 0.677. The molecular weight excluding hydrogens is 238 g/mol. The van der Waals surface area contributed by atoms with Gasteiger partial charge in [-0.1, -0.05) is 18.2 Å². The van der Waals surface area contributed by atoms with Gasteiger partial charge in [0.25, 0.3) is 0 Å². The van der Waals surface area contributed by atoms with Crippen molar-refractivity contribution in [3.63, 3.8) is 0 Å². The van der Waals surface area contributed by atoms with Crippen LogP contribution in [-0.2, 0) is 0 Å². The SMILES string of the molecule is COc1ccc(N)c(C(=O)c2cccc(C)c2C)c1. The number of carbonyl (C=O) groups excluding carboxylic acids is 1. The standard InChI is InChI=1S/C16H17NO2/c1-10-5-4-6-13(11(10)2)16(18)14-9-12(19-3)7-8-15(14)17/h4-9H,17H2,1-3H3. The van der Waals surface area contributed by atoms with Crippen LogP contribution >= 0.6 is 0 Å². The smallest absolute Gasteiger partial charge is 0.195 e. The normalized spacial score (nSPS) is 10.3. The van der Waals surface area contributed by atoms with Gasteiger partial charge in [-0.25, -0.2) is 0 Å². The molecule has 3 nitrogen and oxygen atoms in total. The Bertz CT molecular complexity index is 633. The molecule has 2 rings (SSSR count). The van der Waals surface area contributed by atoms with E-state index in [1.165, 1.54) is 0 Å². The zero-order valence-corrected chi connectivity index (χ0v) is 11.4. The van der Waals surface area contributed by atoms with E-state index < -0.39 is 0 Å². The zero-order chi connectivity index (χ0) is 14.0. The highest BCUT2D eigenvalue weighted by Gasteiger charge is 2.16. The molecule has 0 unspecified atom stereocenters. The van der Waals surface area contributed by atoms with Gasteiger partial charge in [0.2, 0.25) is 0 Å². The van der Waals surface area contributed by atoms with Gasteiger partial charge in [0.15, 0.2) is 5.78 Å². The number of benzene rings is 2. The van der Waals surface area contributed by atoms with E-state index in [4.69, 9.17) is 10.5 Å². The molecule has 0 aliphatic carbocycles. The van der Waals surface area contributed by atoms with E-state index in [9.17, 15) is 4.79 Å². The van der Waals surface area contributed by atoms with Gasteiger partial charge in [0.05, 0.1) is 7.11 Å². The minimum Gasteiger partial charge on any atom is -0.497 e. The van der Waals surface area contributed by atoms with Crippen LogP contribution in [0.25, 0.3) is 0 Å². The molecule has 98 valence electrons. The average Bonchev–Trinajstić information content (AvgIpc) is 2.42. The zero-order valence-electron chi connectivity index (χ0n) is 11.4. The highest BCUT2D eigenvalue weighted by Crippen LogP contribution is 2.24. The van der Waals surface area contributed by atoms with Crippen LogP contribution in [0, 0.1) is 13.8 Å². The highest BCUT2D eigenvalue weighted by molar-refractivity contribution is 6.13. The molecule has 0 radical (unpaired) electrons. The van der Waals surface area contributed by atoms with Crippen molar-refractivity contribution in [1.29, 1.82) is 0 Å². The lowest BCUT2D eigenvalue weighted by Crippen LogP contribution is -2.08. The molecule has 0 atom stereocenters. The van der Waals surface area contributed by atoms with Crippen LogP contribution in [0.3, 0.4) is 0 Å². The summed E-state index contributed by atoms with van der Waals surface area (Å²) in [5, 5.41) is 0. The summed E-state index contributed by atoms with van der Waals surface area (Å²) in [5.74, 6) is 0.556. The number of nitrogens with two attached hydrogens (primary N) is 1. The third-order valence-corrected chi connectivity index (χ3v) is 3.35. The van der Waals surface area contributed by atoms with Gasteiger partial charge in [-0.3, -0.25) is 4.79 Å². The van der Waals surface area contributed by atoms with Gasteiger partial charge >= 0.3 is 0 Å². The Balaban J connectivity index is 2.53. The third kappa shape index (κ3) is 2.45. The first-order valence-electron chi connectivity index (χ1n) is 6.09. The van der Waals surface area contributed by atoms with Crippen molar-refractivity contribution in [1.82, 2.24) is 0 Å². The molecule has 0 aliphatic heterocycles. The molecular formula is C16H17NO2.